The van der Waals surface area contributed by atoms with Crippen molar-refractivity contribution in [1.82, 2.24) is 4.98 Å². The molecule has 0 radical (unpaired) electrons. The van der Waals surface area contributed by atoms with Gasteiger partial charge in [0.15, 0.2) is 0 Å². The number of benzene rings is 5. The second kappa shape index (κ2) is 10.6. The Bertz CT molecular complexity index is 1740. The predicted molar refractivity (Wildman–Crippen MR) is 171 cm³/mol. The van der Waals surface area contributed by atoms with Gasteiger partial charge in [0.2, 0.25) is 0 Å². The lowest BCUT2D eigenvalue weighted by Crippen LogP contribution is -2.09. The zero-order valence-electron chi connectivity index (χ0n) is 21.8. The summed E-state index contributed by atoms with van der Waals surface area (Å²) in [6.45, 7) is 0. The van der Waals surface area contributed by atoms with Gasteiger partial charge in [0, 0.05) is 33.5 Å². The molecule has 0 N–H and O–H groups in total. The predicted octanol–water partition coefficient (Wildman–Crippen LogP) is 10.8. The summed E-state index contributed by atoms with van der Waals surface area (Å²) in [4.78, 5) is 9.14. The summed E-state index contributed by atoms with van der Waals surface area (Å²) >= 11 is 1.73. The fraction of sp³-hybridized carbons (Fsp3) is 0. The summed E-state index contributed by atoms with van der Waals surface area (Å²) in [5, 5.41) is 1.19. The van der Waals surface area contributed by atoms with E-state index in [1.807, 2.05) is 12.3 Å². The van der Waals surface area contributed by atoms with Gasteiger partial charge in [-0.05, 0) is 76.3 Å². The van der Waals surface area contributed by atoms with Gasteiger partial charge >= 0.3 is 0 Å². The SMILES string of the molecule is c1ccc(-c2ccc(N(c3ccc(-c4ccccc4)cc3)c3ccc(-c4cc5cccnc5s4)cc3)cc2)cc1. The minimum absolute atomic E-state index is 1.07. The molecule has 0 aliphatic carbocycles. The van der Waals surface area contributed by atoms with Crippen molar-refractivity contribution >= 4 is 38.6 Å². The highest BCUT2D eigenvalue weighted by Crippen LogP contribution is 2.39. The molecule has 0 fully saturated rings. The Morgan fingerprint density at radius 2 is 0.875 bits per heavy atom. The summed E-state index contributed by atoms with van der Waals surface area (Å²) in [6, 6.07) is 53.9. The fourth-order valence-electron chi connectivity index (χ4n) is 5.10. The quantitative estimate of drug-likeness (QED) is 0.213. The van der Waals surface area contributed by atoms with Crippen LogP contribution in [-0.2, 0) is 0 Å². The molecular weight excluding hydrogens is 504 g/mol. The fourth-order valence-corrected chi connectivity index (χ4v) is 6.11. The molecule has 0 saturated heterocycles. The van der Waals surface area contributed by atoms with Gasteiger partial charge in [-0.2, -0.15) is 0 Å². The van der Waals surface area contributed by atoms with Gasteiger partial charge in [-0.3, -0.25) is 0 Å². The van der Waals surface area contributed by atoms with Crippen LogP contribution in [0, 0.1) is 0 Å². The van der Waals surface area contributed by atoms with Crippen LogP contribution in [0.2, 0.25) is 0 Å². The maximum absolute atomic E-state index is 4.52. The molecule has 0 aliphatic rings. The molecule has 0 saturated carbocycles. The minimum Gasteiger partial charge on any atom is -0.311 e. The Kier molecular flexibility index (Phi) is 6.41. The number of pyridine rings is 1. The lowest BCUT2D eigenvalue weighted by Gasteiger charge is -2.26. The Hall–Kier alpha value is -4.99. The van der Waals surface area contributed by atoms with Crippen LogP contribution in [0.5, 0.6) is 0 Å². The van der Waals surface area contributed by atoms with Gasteiger partial charge in [0.05, 0.1) is 0 Å². The van der Waals surface area contributed by atoms with E-state index in [0.29, 0.717) is 0 Å². The molecule has 0 aliphatic heterocycles. The lowest BCUT2D eigenvalue weighted by atomic mass is 10.0. The molecule has 7 aromatic rings. The summed E-state index contributed by atoms with van der Waals surface area (Å²) in [6.07, 6.45) is 1.86. The molecule has 0 atom stereocenters. The first-order chi connectivity index (χ1) is 19.8. The number of rotatable bonds is 6. The van der Waals surface area contributed by atoms with Gasteiger partial charge in [0.25, 0.3) is 0 Å². The summed E-state index contributed by atoms with van der Waals surface area (Å²) in [7, 11) is 0. The third-order valence-corrected chi connectivity index (χ3v) is 8.28. The van der Waals surface area contributed by atoms with E-state index in [4.69, 9.17) is 0 Å². The average Bonchev–Trinajstić information content (AvgIpc) is 3.48. The first-order valence-corrected chi connectivity index (χ1v) is 14.2. The van der Waals surface area contributed by atoms with E-state index < -0.39 is 0 Å². The molecule has 0 unspecified atom stereocenters. The van der Waals surface area contributed by atoms with E-state index in [1.165, 1.54) is 38.1 Å². The van der Waals surface area contributed by atoms with E-state index >= 15 is 0 Å². The van der Waals surface area contributed by atoms with Crippen LogP contribution >= 0.6 is 11.3 Å². The largest absolute Gasteiger partial charge is 0.311 e. The molecular formula is C37H26N2S. The first kappa shape index (κ1) is 24.1. The molecule has 0 amide bonds. The van der Waals surface area contributed by atoms with Gasteiger partial charge in [-0.25, -0.2) is 4.98 Å². The lowest BCUT2D eigenvalue weighted by molar-refractivity contribution is 1.28. The summed E-state index contributed by atoms with van der Waals surface area (Å²) in [5.41, 5.74) is 9.39. The third-order valence-electron chi connectivity index (χ3n) is 7.17. The van der Waals surface area contributed by atoms with Crippen LogP contribution in [0.1, 0.15) is 0 Å². The molecule has 7 rings (SSSR count). The van der Waals surface area contributed by atoms with Crippen LogP contribution in [0.3, 0.4) is 0 Å². The second-order valence-corrected chi connectivity index (χ2v) is 10.7. The standard InChI is InChI=1S/C37H26N2S/c1-3-8-27(9-4-1)29-13-19-33(20-14-29)39(34-21-15-30(16-22-34)28-10-5-2-6-11-28)35-23-17-31(18-24-35)36-26-32-12-7-25-38-37(32)40-36/h1-26H. The topological polar surface area (TPSA) is 16.1 Å². The number of hydrogen-bond acceptors (Lipinski definition) is 3. The van der Waals surface area contributed by atoms with Gasteiger partial charge < -0.3 is 4.90 Å². The number of aromatic nitrogens is 1. The van der Waals surface area contributed by atoms with E-state index in [-0.39, 0.29) is 0 Å². The first-order valence-electron chi connectivity index (χ1n) is 13.4. The van der Waals surface area contributed by atoms with Crippen LogP contribution in [0.4, 0.5) is 17.1 Å². The minimum atomic E-state index is 1.07. The Morgan fingerprint density at radius 1 is 0.425 bits per heavy atom. The highest BCUT2D eigenvalue weighted by Gasteiger charge is 2.14. The highest BCUT2D eigenvalue weighted by molar-refractivity contribution is 7.21. The molecule has 0 spiro atoms. The monoisotopic (exact) mass is 530 g/mol. The molecule has 3 heteroatoms. The van der Waals surface area contributed by atoms with Crippen LogP contribution in [0.25, 0.3) is 42.9 Å². The molecule has 5 aromatic carbocycles. The van der Waals surface area contributed by atoms with Crippen molar-refractivity contribution in [2.24, 2.45) is 0 Å². The maximum atomic E-state index is 4.52. The van der Waals surface area contributed by atoms with Crippen molar-refractivity contribution in [3.8, 4) is 32.7 Å². The highest BCUT2D eigenvalue weighted by atomic mass is 32.1. The Balaban J connectivity index is 1.26. The van der Waals surface area contributed by atoms with Crippen molar-refractivity contribution in [1.29, 1.82) is 0 Å². The molecule has 0 bridgehead atoms. The van der Waals surface area contributed by atoms with Crippen molar-refractivity contribution in [3.05, 3.63) is 158 Å². The number of fused-ring (bicyclic) bond motifs is 1. The van der Waals surface area contributed by atoms with Crippen molar-refractivity contribution < 1.29 is 0 Å². The van der Waals surface area contributed by atoms with Gasteiger partial charge in [0.1, 0.15) is 4.83 Å². The maximum Gasteiger partial charge on any atom is 0.123 e. The molecule has 2 nitrogen and oxygen atoms in total. The van der Waals surface area contributed by atoms with Crippen LogP contribution in [0.15, 0.2) is 158 Å². The molecule has 2 heterocycles. The number of thiophene rings is 1. The van der Waals surface area contributed by atoms with Crippen LogP contribution in [-0.4, -0.2) is 4.98 Å². The molecule has 2 aromatic heterocycles. The second-order valence-electron chi connectivity index (χ2n) is 9.72. The smallest absolute Gasteiger partial charge is 0.123 e. The average molecular weight is 531 g/mol. The van der Waals surface area contributed by atoms with Crippen LogP contribution < -0.4 is 4.90 Å². The summed E-state index contributed by atoms with van der Waals surface area (Å²) < 4.78 is 0. The molecule has 40 heavy (non-hydrogen) atoms. The normalized spacial score (nSPS) is 11.0. The Labute approximate surface area is 238 Å². The van der Waals surface area contributed by atoms with E-state index in [1.54, 1.807) is 11.3 Å². The zero-order chi connectivity index (χ0) is 26.7. The number of anilines is 3. The van der Waals surface area contributed by atoms with Gasteiger partial charge in [-0.1, -0.05) is 103 Å². The summed E-state index contributed by atoms with van der Waals surface area (Å²) in [5.74, 6) is 0. The molecule has 190 valence electrons. The van der Waals surface area contributed by atoms with Crippen molar-refractivity contribution in [3.63, 3.8) is 0 Å². The van der Waals surface area contributed by atoms with Gasteiger partial charge in [-0.15, -0.1) is 11.3 Å². The number of hydrogen-bond donors (Lipinski definition) is 0. The van der Waals surface area contributed by atoms with E-state index in [0.717, 1.165) is 21.9 Å². The third kappa shape index (κ3) is 4.79. The van der Waals surface area contributed by atoms with E-state index in [9.17, 15) is 0 Å². The Morgan fingerprint density at radius 3 is 1.35 bits per heavy atom. The van der Waals surface area contributed by atoms with Crippen molar-refractivity contribution in [2.45, 2.75) is 0 Å². The number of nitrogens with zero attached hydrogens (tertiary/aromatic N) is 2. The zero-order valence-corrected chi connectivity index (χ0v) is 22.6. The van der Waals surface area contributed by atoms with E-state index in [2.05, 4.69) is 155 Å². The van der Waals surface area contributed by atoms with Crippen molar-refractivity contribution in [2.75, 3.05) is 4.90 Å².